The summed E-state index contributed by atoms with van der Waals surface area (Å²) >= 11 is 2.90. The zero-order valence-electron chi connectivity index (χ0n) is 10.4. The van der Waals surface area contributed by atoms with Gasteiger partial charge in [-0.1, -0.05) is 0 Å². The van der Waals surface area contributed by atoms with Gasteiger partial charge in [0.2, 0.25) is 0 Å². The van der Waals surface area contributed by atoms with E-state index in [4.69, 9.17) is 19.8 Å². The molecule has 1 N–H and O–H groups in total. The van der Waals surface area contributed by atoms with Crippen LogP contribution >= 0.6 is 26.6 Å². The van der Waals surface area contributed by atoms with E-state index in [0.717, 1.165) is 12.7 Å². The molecule has 1 aromatic rings. The van der Waals surface area contributed by atoms with Gasteiger partial charge in [-0.15, -0.1) is 0 Å². The predicted octanol–water partition coefficient (Wildman–Crippen LogP) is 2.13. The SMILES string of the molecule is O=C(NCCOCC1CC1)c1cc(S(=O)(=O)Cl)c(Br)o1. The van der Waals surface area contributed by atoms with Crippen LogP contribution in [0.3, 0.4) is 0 Å². The summed E-state index contributed by atoms with van der Waals surface area (Å²) in [5.41, 5.74) is 0. The van der Waals surface area contributed by atoms with Gasteiger partial charge in [0.25, 0.3) is 15.0 Å². The lowest BCUT2D eigenvalue weighted by molar-refractivity contribution is 0.0880. The monoisotopic (exact) mass is 385 g/mol. The second kappa shape index (κ2) is 6.46. The van der Waals surface area contributed by atoms with Gasteiger partial charge >= 0.3 is 0 Å². The molecule has 1 aliphatic rings. The smallest absolute Gasteiger partial charge is 0.287 e. The van der Waals surface area contributed by atoms with E-state index in [1.54, 1.807) is 0 Å². The van der Waals surface area contributed by atoms with Crippen molar-refractivity contribution in [2.45, 2.75) is 17.7 Å². The van der Waals surface area contributed by atoms with Gasteiger partial charge in [-0.3, -0.25) is 4.79 Å². The first-order valence-electron chi connectivity index (χ1n) is 5.98. The van der Waals surface area contributed by atoms with Gasteiger partial charge in [-0.2, -0.15) is 0 Å². The van der Waals surface area contributed by atoms with Crippen LogP contribution in [0, 0.1) is 5.92 Å². The van der Waals surface area contributed by atoms with Crippen molar-refractivity contribution in [2.24, 2.45) is 5.92 Å². The van der Waals surface area contributed by atoms with Gasteiger partial charge in [0.1, 0.15) is 4.90 Å². The normalized spacial score (nSPS) is 15.3. The van der Waals surface area contributed by atoms with Crippen LogP contribution in [0.5, 0.6) is 0 Å². The van der Waals surface area contributed by atoms with Crippen molar-refractivity contribution < 1.29 is 22.4 Å². The summed E-state index contributed by atoms with van der Waals surface area (Å²) in [5, 5.41) is 2.57. The van der Waals surface area contributed by atoms with E-state index in [-0.39, 0.29) is 15.3 Å². The molecule has 0 aliphatic heterocycles. The van der Waals surface area contributed by atoms with Crippen molar-refractivity contribution in [1.29, 1.82) is 0 Å². The molecule has 2 rings (SSSR count). The van der Waals surface area contributed by atoms with Crippen LogP contribution in [0.25, 0.3) is 0 Å². The first-order chi connectivity index (χ1) is 9.38. The molecule has 1 aromatic heterocycles. The zero-order valence-corrected chi connectivity index (χ0v) is 13.6. The largest absolute Gasteiger partial charge is 0.443 e. The van der Waals surface area contributed by atoms with Crippen molar-refractivity contribution in [1.82, 2.24) is 5.32 Å². The lowest BCUT2D eigenvalue weighted by Gasteiger charge is -2.04. The molecular formula is C11H13BrClNO5S. The number of rotatable bonds is 7. The number of carbonyl (C=O) groups is 1. The lowest BCUT2D eigenvalue weighted by Crippen LogP contribution is -2.27. The van der Waals surface area contributed by atoms with Crippen LogP contribution in [0.2, 0.25) is 0 Å². The topological polar surface area (TPSA) is 85.6 Å². The molecule has 1 saturated carbocycles. The highest BCUT2D eigenvalue weighted by Gasteiger charge is 2.23. The fourth-order valence-electron chi connectivity index (χ4n) is 1.49. The Balaban J connectivity index is 1.82. The summed E-state index contributed by atoms with van der Waals surface area (Å²) in [6.45, 7) is 1.45. The highest BCUT2D eigenvalue weighted by Crippen LogP contribution is 2.29. The van der Waals surface area contributed by atoms with E-state index < -0.39 is 15.0 Å². The number of hydrogen-bond donors (Lipinski definition) is 1. The molecule has 0 bridgehead atoms. The Morgan fingerprint density at radius 1 is 1.55 bits per heavy atom. The number of halogens is 2. The van der Waals surface area contributed by atoms with E-state index in [2.05, 4.69) is 21.2 Å². The van der Waals surface area contributed by atoms with Crippen molar-refractivity contribution in [3.05, 3.63) is 16.5 Å². The third-order valence-electron chi connectivity index (χ3n) is 2.72. The molecule has 112 valence electrons. The molecule has 1 aliphatic carbocycles. The minimum absolute atomic E-state index is 0.0948. The quantitative estimate of drug-likeness (QED) is 0.573. The Kier molecular flexibility index (Phi) is 5.11. The number of nitrogens with one attached hydrogen (secondary N) is 1. The molecule has 1 fully saturated rings. The first-order valence-corrected chi connectivity index (χ1v) is 9.08. The molecule has 1 amide bonds. The predicted molar refractivity (Wildman–Crippen MR) is 75.3 cm³/mol. The molecule has 0 saturated heterocycles. The van der Waals surface area contributed by atoms with Crippen LogP contribution in [-0.4, -0.2) is 34.1 Å². The maximum Gasteiger partial charge on any atom is 0.287 e. The van der Waals surface area contributed by atoms with E-state index >= 15 is 0 Å². The Labute approximate surface area is 129 Å². The average Bonchev–Trinajstić information content (AvgIpc) is 3.08. The van der Waals surface area contributed by atoms with Crippen molar-refractivity contribution >= 4 is 41.6 Å². The molecular weight excluding hydrogens is 374 g/mol. The minimum atomic E-state index is -3.95. The third kappa shape index (κ3) is 4.47. The Morgan fingerprint density at radius 3 is 2.80 bits per heavy atom. The molecule has 0 aromatic carbocycles. The molecule has 0 spiro atoms. The summed E-state index contributed by atoms with van der Waals surface area (Å²) in [5.74, 6) is 0.0220. The Hall–Kier alpha value is -0.570. The van der Waals surface area contributed by atoms with E-state index in [1.165, 1.54) is 12.8 Å². The van der Waals surface area contributed by atoms with Crippen molar-refractivity contribution in [3.63, 3.8) is 0 Å². The molecule has 20 heavy (non-hydrogen) atoms. The van der Waals surface area contributed by atoms with Gasteiger partial charge in [-0.05, 0) is 34.7 Å². The van der Waals surface area contributed by atoms with Gasteiger partial charge in [0, 0.05) is 29.9 Å². The third-order valence-corrected chi connectivity index (χ3v) is 4.90. The maximum atomic E-state index is 11.7. The molecule has 0 radical (unpaired) electrons. The van der Waals surface area contributed by atoms with Crippen molar-refractivity contribution in [2.75, 3.05) is 19.8 Å². The molecule has 0 atom stereocenters. The first kappa shape index (κ1) is 15.8. The van der Waals surface area contributed by atoms with Crippen LogP contribution in [0.1, 0.15) is 23.4 Å². The van der Waals surface area contributed by atoms with Gasteiger partial charge in [-0.25, -0.2) is 8.42 Å². The number of carbonyl (C=O) groups excluding carboxylic acids is 1. The summed E-state index contributed by atoms with van der Waals surface area (Å²) < 4.78 is 32.6. The molecule has 0 unspecified atom stereocenters. The summed E-state index contributed by atoms with van der Waals surface area (Å²) in [4.78, 5) is 11.5. The number of hydrogen-bond acceptors (Lipinski definition) is 5. The summed E-state index contributed by atoms with van der Waals surface area (Å²) in [6.07, 6.45) is 2.42. The van der Waals surface area contributed by atoms with Crippen LogP contribution in [-0.2, 0) is 13.8 Å². The maximum absolute atomic E-state index is 11.7. The number of ether oxygens (including phenoxy) is 1. The fourth-order valence-corrected chi connectivity index (χ4v) is 3.52. The Bertz CT molecular complexity index is 596. The Morgan fingerprint density at radius 2 is 2.25 bits per heavy atom. The highest BCUT2D eigenvalue weighted by atomic mass is 79.9. The van der Waals surface area contributed by atoms with E-state index in [9.17, 15) is 13.2 Å². The van der Waals surface area contributed by atoms with Crippen LogP contribution < -0.4 is 5.32 Å². The van der Waals surface area contributed by atoms with E-state index in [0.29, 0.717) is 19.1 Å². The van der Waals surface area contributed by atoms with Crippen LogP contribution in [0.15, 0.2) is 20.0 Å². The van der Waals surface area contributed by atoms with E-state index in [1.807, 2.05) is 0 Å². The standard InChI is InChI=1S/C11H13BrClNO5S/c12-10-9(20(13,16)17)5-8(19-10)11(15)14-3-4-18-6-7-1-2-7/h5,7H,1-4,6H2,(H,14,15). The lowest BCUT2D eigenvalue weighted by atomic mass is 10.4. The van der Waals surface area contributed by atoms with Crippen LogP contribution in [0.4, 0.5) is 0 Å². The number of amides is 1. The van der Waals surface area contributed by atoms with Crippen molar-refractivity contribution in [3.8, 4) is 0 Å². The second-order valence-electron chi connectivity index (χ2n) is 4.46. The average molecular weight is 387 g/mol. The zero-order chi connectivity index (χ0) is 14.8. The van der Waals surface area contributed by atoms with Gasteiger partial charge in [0.05, 0.1) is 6.61 Å². The highest BCUT2D eigenvalue weighted by molar-refractivity contribution is 9.10. The minimum Gasteiger partial charge on any atom is -0.443 e. The van der Waals surface area contributed by atoms with Gasteiger partial charge in [0.15, 0.2) is 10.4 Å². The molecule has 1 heterocycles. The molecule has 6 nitrogen and oxygen atoms in total. The molecule has 9 heteroatoms. The summed E-state index contributed by atoms with van der Waals surface area (Å²) in [6, 6.07) is 1.08. The van der Waals surface area contributed by atoms with Gasteiger partial charge < -0.3 is 14.5 Å². The summed E-state index contributed by atoms with van der Waals surface area (Å²) in [7, 11) is 1.24. The second-order valence-corrected chi connectivity index (χ2v) is 7.72. The fraction of sp³-hybridized carbons (Fsp3) is 0.545. The number of furan rings is 1.